The molecule has 1 saturated heterocycles. The zero-order chi connectivity index (χ0) is 20.0. The minimum atomic E-state index is -0.566. The van der Waals surface area contributed by atoms with Gasteiger partial charge in [0.15, 0.2) is 0 Å². The number of anilines is 1. The number of piperidine rings is 1. The van der Waals surface area contributed by atoms with Crippen LogP contribution in [0.3, 0.4) is 0 Å². The summed E-state index contributed by atoms with van der Waals surface area (Å²) in [7, 11) is 0. The number of carbonyl (C=O) groups is 2. The highest BCUT2D eigenvalue weighted by Crippen LogP contribution is 2.44. The van der Waals surface area contributed by atoms with Crippen LogP contribution in [0.1, 0.15) is 56.9 Å². The molecule has 0 unspecified atom stereocenters. The Labute approximate surface area is 172 Å². The van der Waals surface area contributed by atoms with E-state index >= 15 is 0 Å². The maximum atomic E-state index is 13.2. The first-order chi connectivity index (χ1) is 14.1. The lowest BCUT2D eigenvalue weighted by Crippen LogP contribution is -2.55. The van der Waals surface area contributed by atoms with Gasteiger partial charge in [-0.05, 0) is 56.4 Å². The largest absolute Gasteiger partial charge is 0.366 e. The van der Waals surface area contributed by atoms with Crippen molar-refractivity contribution < 1.29 is 9.59 Å². The lowest BCUT2D eigenvalue weighted by Gasteiger charge is -2.50. The Kier molecular flexibility index (Phi) is 4.94. The number of nitrogens with two attached hydrogens (primary N) is 1. The van der Waals surface area contributed by atoms with Gasteiger partial charge in [-0.1, -0.05) is 31.0 Å². The van der Waals surface area contributed by atoms with Gasteiger partial charge in [-0.15, -0.1) is 0 Å². The number of primary amides is 1. The predicted octanol–water partition coefficient (Wildman–Crippen LogP) is 3.34. The van der Waals surface area contributed by atoms with Crippen molar-refractivity contribution >= 4 is 23.1 Å². The molecule has 154 valence electrons. The van der Waals surface area contributed by atoms with Crippen LogP contribution in [0.4, 0.5) is 5.69 Å². The second-order valence-electron chi connectivity index (χ2n) is 9.29. The van der Waals surface area contributed by atoms with Crippen LogP contribution in [0.2, 0.25) is 0 Å². The molecule has 0 aromatic heterocycles. The molecule has 4 aliphatic rings. The number of rotatable bonds is 3. The van der Waals surface area contributed by atoms with E-state index in [-0.39, 0.29) is 11.9 Å². The van der Waals surface area contributed by atoms with Gasteiger partial charge in [-0.25, -0.2) is 0 Å². The zero-order valence-corrected chi connectivity index (χ0v) is 17.1. The van der Waals surface area contributed by atoms with E-state index in [4.69, 9.17) is 5.73 Å². The Morgan fingerprint density at radius 1 is 0.966 bits per heavy atom. The van der Waals surface area contributed by atoms with Gasteiger partial charge in [0.1, 0.15) is 0 Å². The quantitative estimate of drug-likeness (QED) is 0.801. The molecular formula is C24H31N3O2. The summed E-state index contributed by atoms with van der Waals surface area (Å²) in [5.41, 5.74) is 7.57. The lowest BCUT2D eigenvalue weighted by molar-refractivity contribution is -0.115. The van der Waals surface area contributed by atoms with Crippen LogP contribution >= 0.6 is 0 Å². The fourth-order valence-electron chi connectivity index (χ4n) is 6.59. The molecule has 2 N–H and O–H groups in total. The number of para-hydroxylation sites is 1. The predicted molar refractivity (Wildman–Crippen MR) is 114 cm³/mol. The van der Waals surface area contributed by atoms with Gasteiger partial charge in [-0.3, -0.25) is 14.5 Å². The fourth-order valence-corrected chi connectivity index (χ4v) is 6.59. The molecule has 2 heterocycles. The van der Waals surface area contributed by atoms with Crippen molar-refractivity contribution in [1.82, 2.24) is 4.90 Å². The van der Waals surface area contributed by atoms with E-state index in [1.54, 1.807) is 0 Å². The molecule has 0 spiro atoms. The van der Waals surface area contributed by atoms with Gasteiger partial charge in [-0.2, -0.15) is 0 Å². The minimum absolute atomic E-state index is 0.0713. The molecule has 2 saturated carbocycles. The molecular weight excluding hydrogens is 362 g/mol. The molecule has 1 aromatic carbocycles. The molecule has 2 amide bonds. The van der Waals surface area contributed by atoms with Gasteiger partial charge >= 0.3 is 0 Å². The summed E-state index contributed by atoms with van der Waals surface area (Å²) in [5.74, 6) is 1.14. The van der Waals surface area contributed by atoms with Gasteiger partial charge in [0.05, 0.1) is 11.3 Å². The van der Waals surface area contributed by atoms with E-state index in [0.717, 1.165) is 55.1 Å². The highest BCUT2D eigenvalue weighted by molar-refractivity contribution is 6.35. The first-order valence-electron chi connectivity index (χ1n) is 11.3. The van der Waals surface area contributed by atoms with Crippen LogP contribution in [-0.2, 0) is 9.59 Å². The summed E-state index contributed by atoms with van der Waals surface area (Å²) >= 11 is 0. The Bertz CT molecular complexity index is 818. The SMILES string of the molecule is NC(=O)/C=C1\C(=O)N(C2CCN(C3C4CCCC3CCC4)CC2)c2ccccc21. The molecule has 2 bridgehead atoms. The standard InChI is InChI=1S/C24H31N3O2/c25-22(28)15-20-19-9-1-2-10-21(19)27(24(20)29)18-11-13-26(14-12-18)23-16-5-3-6-17(23)8-4-7-16/h1-2,9-10,15-18,23H,3-8,11-14H2,(H2,25,28)/b20-15-. The normalized spacial score (nSPS) is 31.9. The number of amides is 2. The average molecular weight is 394 g/mol. The van der Waals surface area contributed by atoms with E-state index in [2.05, 4.69) is 4.90 Å². The third kappa shape index (κ3) is 3.29. The lowest BCUT2D eigenvalue weighted by atomic mass is 9.67. The Balaban J connectivity index is 1.33. The molecule has 29 heavy (non-hydrogen) atoms. The Hall–Kier alpha value is -2.14. The van der Waals surface area contributed by atoms with Crippen molar-refractivity contribution in [1.29, 1.82) is 0 Å². The van der Waals surface area contributed by atoms with E-state index in [0.29, 0.717) is 5.57 Å². The van der Waals surface area contributed by atoms with Crippen molar-refractivity contribution in [2.45, 2.75) is 63.5 Å². The van der Waals surface area contributed by atoms with Crippen LogP contribution in [0.25, 0.3) is 5.57 Å². The molecule has 5 heteroatoms. The van der Waals surface area contributed by atoms with E-state index in [9.17, 15) is 9.59 Å². The van der Waals surface area contributed by atoms with Gasteiger partial charge < -0.3 is 10.6 Å². The number of fused-ring (bicyclic) bond motifs is 3. The number of nitrogens with zero attached hydrogens (tertiary/aromatic N) is 2. The molecule has 2 aliphatic carbocycles. The monoisotopic (exact) mass is 393 g/mol. The Morgan fingerprint density at radius 2 is 1.59 bits per heavy atom. The summed E-state index contributed by atoms with van der Waals surface area (Å²) in [6.07, 6.45) is 11.7. The molecule has 0 atom stereocenters. The van der Waals surface area contributed by atoms with Crippen molar-refractivity contribution in [2.24, 2.45) is 17.6 Å². The van der Waals surface area contributed by atoms with Crippen LogP contribution in [0.15, 0.2) is 30.3 Å². The smallest absolute Gasteiger partial charge is 0.259 e. The molecule has 5 rings (SSSR count). The Morgan fingerprint density at radius 3 is 2.21 bits per heavy atom. The van der Waals surface area contributed by atoms with Crippen molar-refractivity contribution in [3.8, 4) is 0 Å². The molecule has 1 aromatic rings. The van der Waals surface area contributed by atoms with Crippen molar-refractivity contribution in [2.75, 3.05) is 18.0 Å². The number of carbonyl (C=O) groups excluding carboxylic acids is 2. The number of hydrogen-bond acceptors (Lipinski definition) is 3. The highest BCUT2D eigenvalue weighted by Gasteiger charge is 2.43. The van der Waals surface area contributed by atoms with Crippen LogP contribution < -0.4 is 10.6 Å². The summed E-state index contributed by atoms with van der Waals surface area (Å²) in [4.78, 5) is 29.3. The molecule has 0 radical (unpaired) electrons. The molecule has 2 aliphatic heterocycles. The number of hydrogen-bond donors (Lipinski definition) is 1. The third-order valence-electron chi connectivity index (χ3n) is 7.74. The average Bonchev–Trinajstić information content (AvgIpc) is 2.99. The fraction of sp³-hybridized carbons (Fsp3) is 0.583. The van der Waals surface area contributed by atoms with E-state index in [1.165, 1.54) is 44.6 Å². The van der Waals surface area contributed by atoms with E-state index < -0.39 is 5.91 Å². The summed E-state index contributed by atoms with van der Waals surface area (Å²) in [6, 6.07) is 8.75. The van der Waals surface area contributed by atoms with Crippen LogP contribution in [0.5, 0.6) is 0 Å². The second kappa shape index (κ2) is 7.60. The zero-order valence-electron chi connectivity index (χ0n) is 17.1. The highest BCUT2D eigenvalue weighted by atomic mass is 16.2. The first kappa shape index (κ1) is 18.9. The number of likely N-dealkylation sites (tertiary alicyclic amines) is 1. The van der Waals surface area contributed by atoms with Gasteiger partial charge in [0.2, 0.25) is 5.91 Å². The maximum Gasteiger partial charge on any atom is 0.259 e. The summed E-state index contributed by atoms with van der Waals surface area (Å²) < 4.78 is 0. The van der Waals surface area contributed by atoms with Crippen LogP contribution in [0, 0.1) is 11.8 Å². The minimum Gasteiger partial charge on any atom is -0.366 e. The first-order valence-corrected chi connectivity index (χ1v) is 11.3. The molecule has 5 nitrogen and oxygen atoms in total. The number of benzene rings is 1. The second-order valence-corrected chi connectivity index (χ2v) is 9.29. The maximum absolute atomic E-state index is 13.2. The van der Waals surface area contributed by atoms with Gasteiger partial charge in [0, 0.05) is 36.8 Å². The van der Waals surface area contributed by atoms with E-state index in [1.807, 2.05) is 29.2 Å². The van der Waals surface area contributed by atoms with Gasteiger partial charge in [0.25, 0.3) is 5.91 Å². The summed E-state index contributed by atoms with van der Waals surface area (Å²) in [5, 5.41) is 0. The van der Waals surface area contributed by atoms with Crippen molar-refractivity contribution in [3.63, 3.8) is 0 Å². The van der Waals surface area contributed by atoms with Crippen molar-refractivity contribution in [3.05, 3.63) is 35.9 Å². The van der Waals surface area contributed by atoms with Crippen LogP contribution in [-0.4, -0.2) is 41.9 Å². The topological polar surface area (TPSA) is 66.6 Å². The third-order valence-corrected chi connectivity index (χ3v) is 7.74. The molecule has 3 fully saturated rings. The summed E-state index contributed by atoms with van der Waals surface area (Å²) in [6.45, 7) is 2.15.